The molecule has 35 heavy (non-hydrogen) atoms. The molecule has 0 spiro atoms. The Morgan fingerprint density at radius 1 is 1.00 bits per heavy atom. The van der Waals surface area contributed by atoms with Gasteiger partial charge in [0.05, 0.1) is 17.8 Å². The normalized spacial score (nSPS) is 14.9. The van der Waals surface area contributed by atoms with Crippen molar-refractivity contribution in [1.29, 1.82) is 0 Å². The van der Waals surface area contributed by atoms with E-state index in [-0.39, 0.29) is 17.9 Å². The number of nitrogens with zero attached hydrogens (tertiary/aromatic N) is 2. The van der Waals surface area contributed by atoms with Gasteiger partial charge in [-0.05, 0) is 63.4 Å². The molecule has 0 aliphatic heterocycles. The maximum Gasteiger partial charge on any atom is 0.271 e. The highest BCUT2D eigenvalue weighted by Crippen LogP contribution is 2.33. The molecule has 1 saturated carbocycles. The van der Waals surface area contributed by atoms with Gasteiger partial charge < -0.3 is 10.1 Å². The van der Waals surface area contributed by atoms with Gasteiger partial charge in [0, 0.05) is 11.7 Å². The van der Waals surface area contributed by atoms with Crippen molar-refractivity contribution in [1.82, 2.24) is 10.3 Å². The van der Waals surface area contributed by atoms with E-state index in [4.69, 9.17) is 4.74 Å². The molecule has 1 heterocycles. The summed E-state index contributed by atoms with van der Waals surface area (Å²) >= 11 is 1.36. The zero-order valence-electron chi connectivity index (χ0n) is 20.8. The first-order valence-corrected chi connectivity index (χ1v) is 13.0. The lowest BCUT2D eigenvalue weighted by molar-refractivity contribution is -0.123. The number of carbonyl (C=O) groups is 2. The lowest BCUT2D eigenvalue weighted by Crippen LogP contribution is -2.47. The highest BCUT2D eigenvalue weighted by atomic mass is 32.1. The van der Waals surface area contributed by atoms with Crippen LogP contribution in [0.25, 0.3) is 0 Å². The van der Waals surface area contributed by atoms with Crippen LogP contribution in [0.5, 0.6) is 5.75 Å². The van der Waals surface area contributed by atoms with Crippen LogP contribution in [0.15, 0.2) is 48.5 Å². The number of aromatic nitrogens is 1. The maximum absolute atomic E-state index is 14.1. The van der Waals surface area contributed by atoms with Crippen molar-refractivity contribution in [2.24, 2.45) is 0 Å². The zero-order chi connectivity index (χ0) is 24.9. The topological polar surface area (TPSA) is 71.5 Å². The van der Waals surface area contributed by atoms with Crippen molar-refractivity contribution < 1.29 is 14.3 Å². The Morgan fingerprint density at radius 2 is 1.66 bits per heavy atom. The number of aryl methyl sites for hydroxylation is 3. The molecule has 1 aromatic heterocycles. The second kappa shape index (κ2) is 11.0. The summed E-state index contributed by atoms with van der Waals surface area (Å²) in [6.07, 6.45) is 5.35. The maximum atomic E-state index is 14.1. The fraction of sp³-hybridized carbons (Fsp3) is 0.393. The van der Waals surface area contributed by atoms with Crippen molar-refractivity contribution >= 4 is 28.8 Å². The Kier molecular flexibility index (Phi) is 7.86. The van der Waals surface area contributed by atoms with Gasteiger partial charge in [0.15, 0.2) is 0 Å². The summed E-state index contributed by atoms with van der Waals surface area (Å²) < 4.78 is 5.34. The van der Waals surface area contributed by atoms with Crippen LogP contribution < -0.4 is 15.0 Å². The standard InChI is InChI=1S/C28H33N3O3S/c1-18-10-14-23(15-11-18)31(28(33)26-19(2)29-20(3)35-26)25(21-12-16-24(34-4)17-13-21)27(32)30-22-8-6-5-7-9-22/h10-17,22,25H,5-9H2,1-4H3,(H,30,32). The lowest BCUT2D eigenvalue weighted by atomic mass is 9.94. The number of carbonyl (C=O) groups excluding carboxylic acids is 2. The van der Waals surface area contributed by atoms with Gasteiger partial charge in [0.25, 0.3) is 5.91 Å². The predicted molar refractivity (Wildman–Crippen MR) is 140 cm³/mol. The van der Waals surface area contributed by atoms with E-state index in [0.29, 0.717) is 22.0 Å². The molecule has 7 heteroatoms. The SMILES string of the molecule is COc1ccc(C(C(=O)NC2CCCCC2)N(C(=O)c2sc(C)nc2C)c2ccc(C)cc2)cc1. The zero-order valence-corrected chi connectivity index (χ0v) is 21.7. The lowest BCUT2D eigenvalue weighted by Gasteiger charge is -2.33. The van der Waals surface area contributed by atoms with E-state index in [1.165, 1.54) is 17.8 Å². The molecule has 6 nitrogen and oxygen atoms in total. The first-order chi connectivity index (χ1) is 16.9. The number of ether oxygens (including phenoxy) is 1. The van der Waals surface area contributed by atoms with Crippen molar-refractivity contribution in [2.45, 2.75) is 65.0 Å². The van der Waals surface area contributed by atoms with Crippen LogP contribution in [0.2, 0.25) is 0 Å². The highest BCUT2D eigenvalue weighted by molar-refractivity contribution is 7.13. The van der Waals surface area contributed by atoms with Crippen LogP contribution in [0, 0.1) is 20.8 Å². The van der Waals surface area contributed by atoms with E-state index < -0.39 is 6.04 Å². The molecule has 1 atom stereocenters. The van der Waals surface area contributed by atoms with E-state index >= 15 is 0 Å². The average Bonchev–Trinajstić information content (AvgIpc) is 3.21. The largest absolute Gasteiger partial charge is 0.497 e. The summed E-state index contributed by atoms with van der Waals surface area (Å²) in [6.45, 7) is 5.74. The Balaban J connectivity index is 1.81. The molecule has 1 unspecified atom stereocenters. The molecule has 2 amide bonds. The van der Waals surface area contributed by atoms with Crippen molar-refractivity contribution in [3.63, 3.8) is 0 Å². The van der Waals surface area contributed by atoms with E-state index in [1.807, 2.05) is 69.3 Å². The van der Waals surface area contributed by atoms with Gasteiger partial charge in [-0.3, -0.25) is 14.5 Å². The molecule has 4 rings (SSSR count). The molecule has 1 N–H and O–H groups in total. The summed E-state index contributed by atoms with van der Waals surface area (Å²) in [5, 5.41) is 4.08. The number of anilines is 1. The molecule has 0 bridgehead atoms. The fourth-order valence-corrected chi connectivity index (χ4v) is 5.52. The number of thiazole rings is 1. The molecule has 184 valence electrons. The third-order valence-corrected chi connectivity index (χ3v) is 7.58. The molecule has 1 fully saturated rings. The second-order valence-electron chi connectivity index (χ2n) is 9.18. The average molecular weight is 492 g/mol. The van der Waals surface area contributed by atoms with Gasteiger partial charge in [-0.2, -0.15) is 0 Å². The molecule has 0 radical (unpaired) electrons. The third kappa shape index (κ3) is 5.73. The minimum atomic E-state index is -0.833. The van der Waals surface area contributed by atoms with Gasteiger partial charge in [0.2, 0.25) is 5.91 Å². The smallest absolute Gasteiger partial charge is 0.271 e. The monoisotopic (exact) mass is 491 g/mol. The molecule has 1 aliphatic rings. The van der Waals surface area contributed by atoms with Crippen molar-refractivity contribution in [2.75, 3.05) is 12.0 Å². The minimum absolute atomic E-state index is 0.124. The summed E-state index contributed by atoms with van der Waals surface area (Å²) in [5.74, 6) is 0.300. The summed E-state index contributed by atoms with van der Waals surface area (Å²) in [4.78, 5) is 34.7. The number of methoxy groups -OCH3 is 1. The van der Waals surface area contributed by atoms with Gasteiger partial charge in [-0.25, -0.2) is 4.98 Å². The molecular formula is C28H33N3O3S. The number of rotatable bonds is 7. The van der Waals surface area contributed by atoms with E-state index in [1.54, 1.807) is 12.0 Å². The van der Waals surface area contributed by atoms with Gasteiger partial charge in [0.1, 0.15) is 16.7 Å². The molecule has 2 aromatic carbocycles. The molecular weight excluding hydrogens is 458 g/mol. The number of hydrogen-bond acceptors (Lipinski definition) is 5. The summed E-state index contributed by atoms with van der Waals surface area (Å²) in [5.41, 5.74) is 3.16. The van der Waals surface area contributed by atoms with Gasteiger partial charge in [-0.1, -0.05) is 49.1 Å². The van der Waals surface area contributed by atoms with Crippen LogP contribution >= 0.6 is 11.3 Å². The number of amides is 2. The van der Waals surface area contributed by atoms with Crippen molar-refractivity contribution in [3.05, 3.63) is 75.2 Å². The van der Waals surface area contributed by atoms with Crippen LogP contribution in [0.3, 0.4) is 0 Å². The van der Waals surface area contributed by atoms with Crippen LogP contribution in [0.1, 0.15) is 69.6 Å². The first-order valence-electron chi connectivity index (χ1n) is 12.2. The number of hydrogen-bond donors (Lipinski definition) is 1. The Hall–Kier alpha value is -3.19. The van der Waals surface area contributed by atoms with Crippen LogP contribution in [-0.4, -0.2) is 29.9 Å². The van der Waals surface area contributed by atoms with Gasteiger partial charge in [-0.15, -0.1) is 11.3 Å². The molecule has 3 aromatic rings. The second-order valence-corrected chi connectivity index (χ2v) is 10.4. The van der Waals surface area contributed by atoms with E-state index in [9.17, 15) is 9.59 Å². The van der Waals surface area contributed by atoms with Gasteiger partial charge >= 0.3 is 0 Å². The molecule has 0 saturated heterocycles. The highest BCUT2D eigenvalue weighted by Gasteiger charge is 2.36. The Bertz CT molecular complexity index is 1170. The quantitative estimate of drug-likeness (QED) is 0.446. The van der Waals surface area contributed by atoms with Crippen LogP contribution in [-0.2, 0) is 4.79 Å². The third-order valence-electron chi connectivity index (χ3n) is 6.52. The first kappa shape index (κ1) is 24.9. The number of nitrogens with one attached hydrogen (secondary N) is 1. The van der Waals surface area contributed by atoms with Crippen molar-refractivity contribution in [3.8, 4) is 5.75 Å². The fourth-order valence-electron chi connectivity index (χ4n) is 4.66. The minimum Gasteiger partial charge on any atom is -0.497 e. The van der Waals surface area contributed by atoms with E-state index in [2.05, 4.69) is 10.3 Å². The Morgan fingerprint density at radius 3 is 2.23 bits per heavy atom. The molecule has 1 aliphatic carbocycles. The summed E-state index contributed by atoms with van der Waals surface area (Å²) in [7, 11) is 1.61. The van der Waals surface area contributed by atoms with E-state index in [0.717, 1.165) is 41.8 Å². The summed E-state index contributed by atoms with van der Waals surface area (Å²) in [6, 6.07) is 14.4. The predicted octanol–water partition coefficient (Wildman–Crippen LogP) is 5.91. The number of benzene rings is 2. The van der Waals surface area contributed by atoms with Crippen LogP contribution in [0.4, 0.5) is 5.69 Å². The Labute approximate surface area is 211 Å².